The van der Waals surface area contributed by atoms with Crippen LogP contribution in [-0.4, -0.2) is 4.98 Å². The maximum absolute atomic E-state index is 4.35. The summed E-state index contributed by atoms with van der Waals surface area (Å²) in [5.74, 6) is 0.988. The number of benzene rings is 1. The summed E-state index contributed by atoms with van der Waals surface area (Å²) in [6.45, 7) is 2.12. The van der Waals surface area contributed by atoms with Gasteiger partial charge < -0.3 is 0 Å². The van der Waals surface area contributed by atoms with Crippen LogP contribution in [0.2, 0.25) is 0 Å². The van der Waals surface area contributed by atoms with Crippen LogP contribution in [-0.2, 0) is 5.75 Å². The van der Waals surface area contributed by atoms with Crippen LogP contribution in [0.5, 0.6) is 0 Å². The quantitative estimate of drug-likeness (QED) is 0.774. The van der Waals surface area contributed by atoms with Crippen molar-refractivity contribution in [1.82, 2.24) is 4.98 Å². The van der Waals surface area contributed by atoms with E-state index in [2.05, 4.69) is 52.1 Å². The lowest BCUT2D eigenvalue weighted by Crippen LogP contribution is -1.81. The van der Waals surface area contributed by atoms with E-state index in [4.69, 9.17) is 0 Å². The molecule has 4 heteroatoms. The lowest BCUT2D eigenvalue weighted by molar-refractivity contribution is 1.21. The van der Waals surface area contributed by atoms with Crippen LogP contribution in [0.1, 0.15) is 11.1 Å². The molecule has 0 unspecified atom stereocenters. The second-order valence-electron chi connectivity index (χ2n) is 3.21. The van der Waals surface area contributed by atoms with Crippen LogP contribution in [0.3, 0.4) is 0 Å². The molecule has 0 radical (unpaired) electrons. The summed E-state index contributed by atoms with van der Waals surface area (Å²) < 4.78 is 2.04. The number of thioether (sulfide) groups is 1. The van der Waals surface area contributed by atoms with Crippen LogP contribution in [0.4, 0.5) is 0 Å². The molecule has 0 fully saturated rings. The molecule has 0 aliphatic rings. The Morgan fingerprint density at radius 2 is 2.33 bits per heavy atom. The fourth-order valence-corrected chi connectivity index (χ4v) is 3.57. The molecule has 78 valence electrons. The number of aryl methyl sites for hydroxylation is 1. The zero-order chi connectivity index (χ0) is 10.7. The smallest absolute Gasteiger partial charge is 0.151 e. The third-order valence-electron chi connectivity index (χ3n) is 1.90. The van der Waals surface area contributed by atoms with Gasteiger partial charge in [-0.25, -0.2) is 4.98 Å². The first kappa shape index (κ1) is 11.2. The molecule has 15 heavy (non-hydrogen) atoms. The Hall–Kier alpha value is -0.320. The second-order valence-corrected chi connectivity index (χ2v) is 6.11. The number of rotatable bonds is 3. The van der Waals surface area contributed by atoms with E-state index in [0.29, 0.717) is 0 Å². The Kier molecular flexibility index (Phi) is 3.83. The molecular weight excluding hydrogens is 290 g/mol. The number of hydrogen-bond donors (Lipinski definition) is 0. The van der Waals surface area contributed by atoms with E-state index in [9.17, 15) is 0 Å². The van der Waals surface area contributed by atoms with Crippen LogP contribution < -0.4 is 0 Å². The van der Waals surface area contributed by atoms with E-state index >= 15 is 0 Å². The molecule has 0 spiro atoms. The number of nitrogens with zero attached hydrogens (tertiary/aromatic N) is 1. The molecule has 0 saturated carbocycles. The zero-order valence-corrected chi connectivity index (χ0v) is 11.5. The van der Waals surface area contributed by atoms with Gasteiger partial charge >= 0.3 is 0 Å². The van der Waals surface area contributed by atoms with Gasteiger partial charge in [-0.2, -0.15) is 0 Å². The van der Waals surface area contributed by atoms with Crippen LogP contribution in [0.15, 0.2) is 38.6 Å². The molecule has 1 nitrogen and oxygen atoms in total. The minimum absolute atomic E-state index is 0.930. The van der Waals surface area contributed by atoms with Crippen LogP contribution >= 0.6 is 39.0 Å². The lowest BCUT2D eigenvalue weighted by Gasteiger charge is -1.99. The summed E-state index contributed by atoms with van der Waals surface area (Å²) in [5, 5.41) is 2.01. The SMILES string of the molecule is Cc1cccc(CSc2nc(Br)cs2)c1. The van der Waals surface area contributed by atoms with Gasteiger partial charge in [-0.1, -0.05) is 41.6 Å². The molecule has 0 N–H and O–H groups in total. The van der Waals surface area contributed by atoms with Crippen LogP contribution in [0, 0.1) is 6.92 Å². The predicted octanol–water partition coefficient (Wildman–Crippen LogP) is 4.51. The van der Waals surface area contributed by atoms with Crippen molar-refractivity contribution in [3.8, 4) is 0 Å². The van der Waals surface area contributed by atoms with E-state index in [-0.39, 0.29) is 0 Å². The van der Waals surface area contributed by atoms with Crippen molar-refractivity contribution in [2.75, 3.05) is 0 Å². The molecule has 1 aromatic heterocycles. The Morgan fingerprint density at radius 3 is 3.00 bits per heavy atom. The van der Waals surface area contributed by atoms with Crippen molar-refractivity contribution >= 4 is 39.0 Å². The lowest BCUT2D eigenvalue weighted by atomic mass is 10.2. The second kappa shape index (κ2) is 5.14. The zero-order valence-electron chi connectivity index (χ0n) is 8.24. The minimum Gasteiger partial charge on any atom is -0.223 e. The first-order valence-corrected chi connectivity index (χ1v) is 7.19. The van der Waals surface area contributed by atoms with E-state index in [1.807, 2.05) is 5.38 Å². The monoisotopic (exact) mass is 299 g/mol. The molecule has 0 atom stereocenters. The number of aromatic nitrogens is 1. The first-order valence-electron chi connectivity index (χ1n) is 4.53. The third-order valence-corrected chi connectivity index (χ3v) is 4.70. The minimum atomic E-state index is 0.930. The molecule has 1 aromatic carbocycles. The highest BCUT2D eigenvalue weighted by atomic mass is 79.9. The van der Waals surface area contributed by atoms with E-state index in [1.165, 1.54) is 11.1 Å². The van der Waals surface area contributed by atoms with Gasteiger partial charge in [-0.15, -0.1) is 11.3 Å². The molecule has 0 aliphatic carbocycles. The van der Waals surface area contributed by atoms with E-state index in [1.54, 1.807) is 23.1 Å². The predicted molar refractivity (Wildman–Crippen MR) is 70.6 cm³/mol. The maximum Gasteiger partial charge on any atom is 0.151 e. The van der Waals surface area contributed by atoms with Gasteiger partial charge in [0, 0.05) is 11.1 Å². The van der Waals surface area contributed by atoms with Crippen molar-refractivity contribution in [2.45, 2.75) is 17.0 Å². The summed E-state index contributed by atoms with van der Waals surface area (Å²) in [4.78, 5) is 4.35. The van der Waals surface area contributed by atoms with Crippen molar-refractivity contribution in [1.29, 1.82) is 0 Å². The van der Waals surface area contributed by atoms with Gasteiger partial charge in [-0.3, -0.25) is 0 Å². The molecule has 0 amide bonds. The average Bonchev–Trinajstić information content (AvgIpc) is 2.62. The maximum atomic E-state index is 4.35. The Morgan fingerprint density at radius 1 is 1.47 bits per heavy atom. The van der Waals surface area contributed by atoms with E-state index < -0.39 is 0 Å². The highest BCUT2D eigenvalue weighted by Gasteiger charge is 2.01. The van der Waals surface area contributed by atoms with Crippen molar-refractivity contribution in [3.05, 3.63) is 45.4 Å². The molecule has 1 heterocycles. The first-order chi connectivity index (χ1) is 7.24. The van der Waals surface area contributed by atoms with Gasteiger partial charge in [0.15, 0.2) is 4.34 Å². The van der Waals surface area contributed by atoms with E-state index in [0.717, 1.165) is 14.7 Å². The third kappa shape index (κ3) is 3.33. The molecule has 2 aromatic rings. The van der Waals surface area contributed by atoms with Crippen LogP contribution in [0.25, 0.3) is 0 Å². The molecule has 0 aliphatic heterocycles. The molecule has 0 saturated heterocycles. The summed E-state index contributed by atoms with van der Waals surface area (Å²) in [5.41, 5.74) is 2.67. The largest absolute Gasteiger partial charge is 0.223 e. The number of thiazole rings is 1. The number of hydrogen-bond acceptors (Lipinski definition) is 3. The van der Waals surface area contributed by atoms with Gasteiger partial charge in [0.05, 0.1) is 0 Å². The Balaban J connectivity index is 1.99. The normalized spacial score (nSPS) is 10.5. The Bertz CT molecular complexity index is 453. The summed E-state index contributed by atoms with van der Waals surface area (Å²) in [7, 11) is 0. The van der Waals surface area contributed by atoms with Gasteiger partial charge in [0.2, 0.25) is 0 Å². The highest BCUT2D eigenvalue weighted by Crippen LogP contribution is 2.27. The topological polar surface area (TPSA) is 12.9 Å². The summed E-state index contributed by atoms with van der Waals surface area (Å²) in [6.07, 6.45) is 0. The highest BCUT2D eigenvalue weighted by molar-refractivity contribution is 9.10. The fourth-order valence-electron chi connectivity index (χ4n) is 1.25. The summed E-state index contributed by atoms with van der Waals surface area (Å²) >= 11 is 6.81. The van der Waals surface area contributed by atoms with Crippen molar-refractivity contribution < 1.29 is 0 Å². The Labute approximate surface area is 106 Å². The standard InChI is InChI=1S/C11H10BrNS2/c1-8-3-2-4-9(5-8)6-14-11-13-10(12)7-15-11/h2-5,7H,6H2,1H3. The van der Waals surface area contributed by atoms with Gasteiger partial charge in [-0.05, 0) is 28.4 Å². The molecule has 2 rings (SSSR count). The molecular formula is C11H10BrNS2. The molecule has 0 bridgehead atoms. The van der Waals surface area contributed by atoms with Crippen molar-refractivity contribution in [2.24, 2.45) is 0 Å². The van der Waals surface area contributed by atoms with Crippen molar-refractivity contribution in [3.63, 3.8) is 0 Å². The summed E-state index contributed by atoms with van der Waals surface area (Å²) in [6, 6.07) is 8.59. The number of halogens is 1. The fraction of sp³-hybridized carbons (Fsp3) is 0.182. The average molecular weight is 300 g/mol. The van der Waals surface area contributed by atoms with Gasteiger partial charge in [0.1, 0.15) is 4.60 Å². The van der Waals surface area contributed by atoms with Gasteiger partial charge in [0.25, 0.3) is 0 Å².